The van der Waals surface area contributed by atoms with E-state index in [9.17, 15) is 64.8 Å². The average Bonchev–Trinajstić information content (AvgIpc) is 0.782. The highest BCUT2D eigenvalue weighted by Crippen LogP contribution is 2.39. The molecule has 2 saturated heterocycles. The number of carbonyl (C=O) groups is 10. The number of benzene rings is 4. The van der Waals surface area contributed by atoms with Crippen LogP contribution in [0.1, 0.15) is 152 Å². The molecular formula is C71H89BrO33S2. The molecule has 2 aliphatic rings. The molecule has 0 aromatic heterocycles. The van der Waals surface area contributed by atoms with Gasteiger partial charge >= 0.3 is 68.6 Å². The molecule has 0 aliphatic carbocycles. The van der Waals surface area contributed by atoms with Crippen LogP contribution in [0.5, 0.6) is 34.5 Å². The Labute approximate surface area is 627 Å². The van der Waals surface area contributed by atoms with Crippen molar-refractivity contribution in [3.63, 3.8) is 0 Å². The first-order valence-corrected chi connectivity index (χ1v) is 37.5. The van der Waals surface area contributed by atoms with Gasteiger partial charge in [-0.05, 0) is 97.5 Å². The predicted octanol–water partition coefficient (Wildman–Crippen LogP) is 8.30. The number of methoxy groups -OCH3 is 1. The minimum absolute atomic E-state index is 0.0478. The van der Waals surface area contributed by atoms with Gasteiger partial charge in [0.1, 0.15) is 36.9 Å². The normalized spacial score (nSPS) is 19.6. The molecule has 0 N–H and O–H groups in total. The van der Waals surface area contributed by atoms with Crippen LogP contribution in [0.3, 0.4) is 0 Å². The maximum atomic E-state index is 13.3. The fourth-order valence-electron chi connectivity index (χ4n) is 10.1. The highest BCUT2D eigenvalue weighted by molar-refractivity contribution is 9.08. The molecule has 107 heavy (non-hydrogen) atoms. The summed E-state index contributed by atoms with van der Waals surface area (Å²) in [5.74, 6) is -9.35. The van der Waals surface area contributed by atoms with E-state index in [0.717, 1.165) is 104 Å². The number of carbonyl (C=O) groups excluding carboxylic acids is 10. The zero-order valence-corrected chi connectivity index (χ0v) is 64.1. The first-order chi connectivity index (χ1) is 50.7. The highest BCUT2D eigenvalue weighted by atomic mass is 79.9. The zero-order chi connectivity index (χ0) is 79.0. The highest BCUT2D eigenvalue weighted by Gasteiger charge is 2.55. The Balaban J connectivity index is 0.000000384. The molecule has 0 spiro atoms. The molecule has 0 amide bonds. The summed E-state index contributed by atoms with van der Waals surface area (Å²) in [5, 5.41) is 0.516. The lowest BCUT2D eigenvalue weighted by Gasteiger charge is -2.43. The van der Waals surface area contributed by atoms with Crippen molar-refractivity contribution in [2.75, 3.05) is 46.8 Å². The first-order valence-electron chi connectivity index (χ1n) is 33.7. The molecule has 2 unspecified atom stereocenters. The molecule has 6 rings (SSSR count). The summed E-state index contributed by atoms with van der Waals surface area (Å²) in [6.07, 6.45) is -11.0. The smallest absolute Gasteiger partial charge is 0.463 e. The largest absolute Gasteiger partial charge is 0.501 e. The molecule has 4 aromatic rings. The van der Waals surface area contributed by atoms with Gasteiger partial charge < -0.3 is 87.8 Å². The van der Waals surface area contributed by atoms with Gasteiger partial charge in [0.25, 0.3) is 0 Å². The standard InChI is InChI=1S/C36H46O17S.C35H43BrO16S/c1-7-8-17-45-18-9-10-29(41)27-13-16-30(31(19-27)53-54(42,43)52-28-14-11-26(12-15-28)20-44-6)50-36-35(49-25(5)40)34(48-24(4)39)33(47-23(3)38)32(51-36)21-46-22(2)37;1-6-7-16-44-17-8-9-28(41)26-12-15-29(30(18-26)52-53(42,43)51-27-13-10-25(19-36)11-14-27)49-35-34(48-24(5)40)33(47-23(4)39)32(46-22(3)38)31(50-35)20-45-21(2)37/h11-16,19,32-36H,7-10,17-18,20-21H2,1-6H3;10-15,18,31-35H,6-9,16-17,19-20H2,1-5H3/t32-,33+,34+,35-,36?;31-,32+,33+,34-,35?/m11/s1. The van der Waals surface area contributed by atoms with E-state index in [2.05, 4.69) is 15.9 Å². The van der Waals surface area contributed by atoms with Gasteiger partial charge in [0.05, 0.1) is 6.61 Å². The van der Waals surface area contributed by atoms with E-state index < -0.39 is 155 Å². The van der Waals surface area contributed by atoms with Gasteiger partial charge in [-0.25, -0.2) is 0 Å². The van der Waals surface area contributed by atoms with Crippen LogP contribution in [0.15, 0.2) is 84.9 Å². The lowest BCUT2D eigenvalue weighted by Crippen LogP contribution is -2.63. The van der Waals surface area contributed by atoms with Crippen molar-refractivity contribution >= 4 is 96.0 Å². The van der Waals surface area contributed by atoms with E-state index in [1.165, 1.54) is 55.6 Å². The zero-order valence-electron chi connectivity index (χ0n) is 60.8. The fraction of sp³-hybridized carbons (Fsp3) is 0.521. The van der Waals surface area contributed by atoms with E-state index in [1.54, 1.807) is 24.3 Å². The molecule has 2 aliphatic heterocycles. The molecule has 0 bridgehead atoms. The summed E-state index contributed by atoms with van der Waals surface area (Å²) in [4.78, 5) is 123. The third-order valence-electron chi connectivity index (χ3n) is 14.7. The maximum absolute atomic E-state index is 13.3. The Morgan fingerprint density at radius 2 is 0.738 bits per heavy atom. The summed E-state index contributed by atoms with van der Waals surface area (Å²) in [7, 11) is -8.29. The second kappa shape index (κ2) is 44.3. The van der Waals surface area contributed by atoms with Crippen LogP contribution in [0, 0.1) is 0 Å². The van der Waals surface area contributed by atoms with Gasteiger partial charge in [0, 0.05) is 118 Å². The quantitative estimate of drug-likeness (QED) is 0.0132. The third-order valence-corrected chi connectivity index (χ3v) is 16.9. The van der Waals surface area contributed by atoms with Crippen LogP contribution in [0.2, 0.25) is 0 Å². The molecule has 2 fully saturated rings. The van der Waals surface area contributed by atoms with Crippen molar-refractivity contribution in [3.05, 3.63) is 107 Å². The summed E-state index contributed by atoms with van der Waals surface area (Å²) >= 11 is 3.31. The van der Waals surface area contributed by atoms with Gasteiger partial charge in [-0.1, -0.05) is 66.9 Å². The van der Waals surface area contributed by atoms with Crippen molar-refractivity contribution in [1.29, 1.82) is 0 Å². The molecule has 36 heteroatoms. The maximum Gasteiger partial charge on any atom is 0.501 e. The lowest BCUT2D eigenvalue weighted by atomic mass is 9.98. The Hall–Kier alpha value is -9.04. The second-order valence-corrected chi connectivity index (χ2v) is 26.5. The van der Waals surface area contributed by atoms with Crippen LogP contribution >= 0.6 is 15.9 Å². The molecule has 10 atom stereocenters. The molecule has 4 aromatic carbocycles. The van der Waals surface area contributed by atoms with Crippen LogP contribution in [-0.4, -0.2) is 184 Å². The summed E-state index contributed by atoms with van der Waals surface area (Å²) in [5.41, 5.74) is 1.69. The monoisotopic (exact) mass is 1610 g/mol. The van der Waals surface area contributed by atoms with Crippen molar-refractivity contribution in [1.82, 2.24) is 0 Å². The minimum atomic E-state index is -4.91. The SMILES string of the molecule is CCCCOCCCC(=O)c1ccc(OC2O[C@H](COC(C)=O)[C@H](OC(C)=O)[C@H](OC(C)=O)[C@H]2OC(C)=O)c(OS(=O)(=O)Oc2ccc(CBr)cc2)c1.CCCCOCCCC(=O)c1ccc(OC2O[C@H](COC(C)=O)[C@H](OC(C)=O)[C@H](OC(C)=O)[C@H]2OC(C)=O)c(OS(=O)(=O)Oc2ccc(COC)cc2)c1. The van der Waals surface area contributed by atoms with E-state index >= 15 is 0 Å². The number of ketones is 2. The summed E-state index contributed by atoms with van der Waals surface area (Å²) in [6.45, 7) is 13.6. The molecule has 0 saturated carbocycles. The van der Waals surface area contributed by atoms with Crippen LogP contribution in [-0.2, 0) is 133 Å². The number of unbranched alkanes of at least 4 members (excludes halogenated alkanes) is 2. The predicted molar refractivity (Wildman–Crippen MR) is 373 cm³/mol. The second-order valence-electron chi connectivity index (χ2n) is 23.7. The number of hydrogen-bond acceptors (Lipinski definition) is 33. The number of Topliss-reactive ketones (excluding diaryl/α,β-unsaturated/α-hetero) is 2. The average molecular weight is 1610 g/mol. The lowest BCUT2D eigenvalue weighted by molar-refractivity contribution is -0.288. The van der Waals surface area contributed by atoms with Gasteiger partial charge in [-0.3, -0.25) is 47.9 Å². The molecule has 0 radical (unpaired) electrons. The van der Waals surface area contributed by atoms with E-state index in [0.29, 0.717) is 44.6 Å². The molecule has 2 heterocycles. The van der Waals surface area contributed by atoms with Crippen LogP contribution in [0.4, 0.5) is 0 Å². The number of rotatable bonds is 41. The third kappa shape index (κ3) is 31.0. The Morgan fingerprint density at radius 1 is 0.402 bits per heavy atom. The number of halogens is 1. The minimum Gasteiger partial charge on any atom is -0.463 e. The van der Waals surface area contributed by atoms with Crippen LogP contribution in [0.25, 0.3) is 0 Å². The molecular weight excluding hydrogens is 1520 g/mol. The fourth-order valence-corrected chi connectivity index (χ4v) is 11.9. The molecule has 590 valence electrons. The Morgan fingerprint density at radius 3 is 1.07 bits per heavy atom. The van der Waals surface area contributed by atoms with Gasteiger partial charge in [-0.15, -0.1) is 16.8 Å². The Bertz CT molecular complexity index is 3870. The van der Waals surface area contributed by atoms with Crippen molar-refractivity contribution in [2.24, 2.45) is 0 Å². The number of alkyl halides is 1. The van der Waals surface area contributed by atoms with E-state index in [1.807, 2.05) is 13.8 Å². The van der Waals surface area contributed by atoms with E-state index in [4.69, 9.17) is 87.8 Å². The van der Waals surface area contributed by atoms with E-state index in [-0.39, 0.29) is 65.1 Å². The van der Waals surface area contributed by atoms with Crippen molar-refractivity contribution in [3.8, 4) is 34.5 Å². The summed E-state index contributed by atoms with van der Waals surface area (Å²) in [6, 6.07) is 19.4. The summed E-state index contributed by atoms with van der Waals surface area (Å²) < 4.78 is 157. The van der Waals surface area contributed by atoms with Gasteiger partial charge in [0.15, 0.2) is 59.0 Å². The van der Waals surface area contributed by atoms with Gasteiger partial charge in [0.2, 0.25) is 24.8 Å². The number of ether oxygens (including phenoxy) is 15. The van der Waals surface area contributed by atoms with Crippen LogP contribution < -0.4 is 26.2 Å². The number of esters is 8. The topological polar surface area (TPSA) is 414 Å². The molecule has 33 nitrogen and oxygen atoms in total. The van der Waals surface area contributed by atoms with Crippen molar-refractivity contribution in [2.45, 2.75) is 194 Å². The van der Waals surface area contributed by atoms with Crippen molar-refractivity contribution < 1.29 is 153 Å². The first kappa shape index (κ1) is 88.6. The van der Waals surface area contributed by atoms with Gasteiger partial charge in [-0.2, -0.15) is 0 Å². The Kier molecular flexibility index (Phi) is 36.7. The number of hydrogen-bond donors (Lipinski definition) is 0.